The van der Waals surface area contributed by atoms with Gasteiger partial charge in [0.25, 0.3) is 0 Å². The third-order valence-electron chi connectivity index (χ3n) is 4.15. The number of rotatable bonds is 6. The molecule has 2 heterocycles. The van der Waals surface area contributed by atoms with Gasteiger partial charge in [-0.1, -0.05) is 32.0 Å². The van der Waals surface area contributed by atoms with Crippen LogP contribution in [0.4, 0.5) is 0 Å². The van der Waals surface area contributed by atoms with E-state index in [4.69, 9.17) is 0 Å². The maximum Gasteiger partial charge on any atom is 0.243 e. The van der Waals surface area contributed by atoms with Crippen molar-refractivity contribution in [3.8, 4) is 0 Å². The van der Waals surface area contributed by atoms with E-state index in [2.05, 4.69) is 4.98 Å². The molecule has 3 aromatic rings. The maximum atomic E-state index is 12.9. The first-order valence-corrected chi connectivity index (χ1v) is 9.50. The summed E-state index contributed by atoms with van der Waals surface area (Å²) in [4.78, 5) is 4.65. The number of nitrogens with zero attached hydrogens (tertiary/aromatic N) is 3. The Morgan fingerprint density at radius 1 is 1.08 bits per heavy atom. The summed E-state index contributed by atoms with van der Waals surface area (Å²) in [5.41, 5.74) is 2.79. The smallest absolute Gasteiger partial charge is 0.243 e. The summed E-state index contributed by atoms with van der Waals surface area (Å²) in [6.45, 7) is 4.59. The lowest BCUT2D eigenvalue weighted by atomic mass is 10.2. The molecular weight excluding hydrogens is 322 g/mol. The SMILES string of the molecule is CCc1ccc(S(=O)(=O)N(CC)Cc2cnc3ccccn23)cc1. The van der Waals surface area contributed by atoms with Gasteiger partial charge in [0.2, 0.25) is 10.0 Å². The van der Waals surface area contributed by atoms with Crippen LogP contribution >= 0.6 is 0 Å². The molecule has 0 saturated heterocycles. The number of pyridine rings is 1. The number of hydrogen-bond donors (Lipinski definition) is 0. The van der Waals surface area contributed by atoms with Crippen LogP contribution in [0.1, 0.15) is 25.1 Å². The maximum absolute atomic E-state index is 12.9. The van der Waals surface area contributed by atoms with Crippen molar-refractivity contribution in [1.29, 1.82) is 0 Å². The first-order chi connectivity index (χ1) is 11.6. The summed E-state index contributed by atoms with van der Waals surface area (Å²) >= 11 is 0. The third-order valence-corrected chi connectivity index (χ3v) is 6.09. The summed E-state index contributed by atoms with van der Waals surface area (Å²) < 4.78 is 29.2. The van der Waals surface area contributed by atoms with E-state index >= 15 is 0 Å². The van der Waals surface area contributed by atoms with Crippen molar-refractivity contribution in [3.63, 3.8) is 0 Å². The Labute approximate surface area is 142 Å². The van der Waals surface area contributed by atoms with E-state index in [1.54, 1.807) is 18.3 Å². The average Bonchev–Trinajstić information content (AvgIpc) is 3.02. The number of fused-ring (bicyclic) bond motifs is 1. The minimum absolute atomic E-state index is 0.291. The van der Waals surface area contributed by atoms with E-state index in [-0.39, 0.29) is 0 Å². The molecule has 0 saturated carbocycles. The molecule has 3 rings (SSSR count). The summed E-state index contributed by atoms with van der Waals surface area (Å²) in [5, 5.41) is 0. The molecule has 0 spiro atoms. The molecule has 0 amide bonds. The highest BCUT2D eigenvalue weighted by molar-refractivity contribution is 7.89. The molecule has 5 nitrogen and oxygen atoms in total. The van der Waals surface area contributed by atoms with Gasteiger partial charge in [-0.3, -0.25) is 0 Å². The lowest BCUT2D eigenvalue weighted by Gasteiger charge is -2.20. The molecule has 126 valence electrons. The fraction of sp³-hybridized carbons (Fsp3) is 0.278. The molecule has 0 fully saturated rings. The molecule has 1 aromatic carbocycles. The summed E-state index contributed by atoms with van der Waals surface area (Å²) in [6, 6.07) is 12.8. The number of benzene rings is 1. The number of sulfonamides is 1. The molecular formula is C18H21N3O2S. The van der Waals surface area contributed by atoms with Crippen LogP contribution in [0.3, 0.4) is 0 Å². The second-order valence-corrected chi connectivity index (χ2v) is 7.55. The Hall–Kier alpha value is -2.18. The van der Waals surface area contributed by atoms with Crippen LogP contribution < -0.4 is 0 Å². The highest BCUT2D eigenvalue weighted by Crippen LogP contribution is 2.19. The van der Waals surface area contributed by atoms with Crippen LogP contribution in [0.2, 0.25) is 0 Å². The predicted octanol–water partition coefficient (Wildman–Crippen LogP) is 3.11. The van der Waals surface area contributed by atoms with Gasteiger partial charge in [-0.2, -0.15) is 4.31 Å². The Bertz CT molecular complexity index is 930. The Balaban J connectivity index is 1.92. The zero-order valence-electron chi connectivity index (χ0n) is 13.9. The van der Waals surface area contributed by atoms with Crippen LogP contribution in [-0.4, -0.2) is 28.7 Å². The molecule has 0 unspecified atom stereocenters. The van der Waals surface area contributed by atoms with E-state index in [9.17, 15) is 8.42 Å². The molecule has 6 heteroatoms. The summed E-state index contributed by atoms with van der Waals surface area (Å²) in [7, 11) is -3.53. The van der Waals surface area contributed by atoms with Crippen LogP contribution in [0.25, 0.3) is 5.65 Å². The molecule has 2 aromatic heterocycles. The van der Waals surface area contributed by atoms with E-state index in [1.165, 1.54) is 4.31 Å². The van der Waals surface area contributed by atoms with Gasteiger partial charge < -0.3 is 4.40 Å². The molecule has 0 aliphatic heterocycles. The minimum Gasteiger partial charge on any atom is -0.303 e. The second-order valence-electron chi connectivity index (χ2n) is 5.61. The number of imidazole rings is 1. The molecule has 24 heavy (non-hydrogen) atoms. The summed E-state index contributed by atoms with van der Waals surface area (Å²) in [6.07, 6.45) is 4.52. The van der Waals surface area contributed by atoms with Crippen LogP contribution in [0, 0.1) is 0 Å². The number of hydrogen-bond acceptors (Lipinski definition) is 3. The molecule has 0 bridgehead atoms. The zero-order valence-corrected chi connectivity index (χ0v) is 14.7. The van der Waals surface area contributed by atoms with Gasteiger partial charge >= 0.3 is 0 Å². The first-order valence-electron chi connectivity index (χ1n) is 8.06. The van der Waals surface area contributed by atoms with Crippen LogP contribution in [-0.2, 0) is 23.0 Å². The monoisotopic (exact) mass is 343 g/mol. The van der Waals surface area contributed by atoms with Gasteiger partial charge in [0, 0.05) is 12.7 Å². The van der Waals surface area contributed by atoms with Crippen molar-refractivity contribution < 1.29 is 8.42 Å². The fourth-order valence-corrected chi connectivity index (χ4v) is 4.12. The molecule has 0 radical (unpaired) electrons. The highest BCUT2D eigenvalue weighted by atomic mass is 32.2. The molecule has 0 aliphatic rings. The quantitative estimate of drug-likeness (QED) is 0.691. The fourth-order valence-electron chi connectivity index (χ4n) is 2.70. The third kappa shape index (κ3) is 3.07. The van der Waals surface area contributed by atoms with Gasteiger partial charge in [0.15, 0.2) is 0 Å². The van der Waals surface area contributed by atoms with E-state index in [0.717, 1.165) is 23.3 Å². The lowest BCUT2D eigenvalue weighted by Crippen LogP contribution is -2.30. The molecule has 0 N–H and O–H groups in total. The largest absolute Gasteiger partial charge is 0.303 e. The topological polar surface area (TPSA) is 54.7 Å². The Morgan fingerprint density at radius 2 is 1.83 bits per heavy atom. The first kappa shape index (κ1) is 16.7. The Morgan fingerprint density at radius 3 is 2.50 bits per heavy atom. The standard InChI is InChI=1S/C18H21N3O2S/c1-3-15-8-10-17(11-9-15)24(22,23)20(4-2)14-16-13-19-18-7-5-6-12-21(16)18/h5-13H,3-4,14H2,1-2H3. The van der Waals surface area contributed by atoms with Crippen molar-refractivity contribution in [3.05, 3.63) is 66.1 Å². The van der Waals surface area contributed by atoms with E-state index in [1.807, 2.05) is 54.8 Å². The van der Waals surface area contributed by atoms with Gasteiger partial charge in [-0.15, -0.1) is 0 Å². The normalized spacial score (nSPS) is 12.1. The molecule has 0 aliphatic carbocycles. The van der Waals surface area contributed by atoms with Gasteiger partial charge in [-0.05, 0) is 36.2 Å². The van der Waals surface area contributed by atoms with Gasteiger partial charge in [-0.25, -0.2) is 13.4 Å². The van der Waals surface area contributed by atoms with Crippen molar-refractivity contribution >= 4 is 15.7 Å². The minimum atomic E-state index is -3.53. The van der Waals surface area contributed by atoms with E-state index < -0.39 is 10.0 Å². The predicted molar refractivity (Wildman–Crippen MR) is 94.3 cm³/mol. The van der Waals surface area contributed by atoms with Gasteiger partial charge in [0.05, 0.1) is 23.3 Å². The van der Waals surface area contributed by atoms with Crippen molar-refractivity contribution in [2.75, 3.05) is 6.54 Å². The molecule has 0 atom stereocenters. The van der Waals surface area contributed by atoms with Crippen LogP contribution in [0.5, 0.6) is 0 Å². The van der Waals surface area contributed by atoms with E-state index in [0.29, 0.717) is 18.0 Å². The van der Waals surface area contributed by atoms with Gasteiger partial charge in [0.1, 0.15) is 5.65 Å². The number of aryl methyl sites for hydroxylation is 1. The summed E-state index contributed by atoms with van der Waals surface area (Å²) in [5.74, 6) is 0. The van der Waals surface area contributed by atoms with Crippen LogP contribution in [0.15, 0.2) is 59.8 Å². The highest BCUT2D eigenvalue weighted by Gasteiger charge is 2.24. The zero-order chi connectivity index (χ0) is 17.2. The van der Waals surface area contributed by atoms with Crippen molar-refractivity contribution in [2.24, 2.45) is 0 Å². The van der Waals surface area contributed by atoms with Crippen molar-refractivity contribution in [2.45, 2.75) is 31.7 Å². The Kier molecular flexibility index (Phi) is 4.69. The number of aromatic nitrogens is 2. The van der Waals surface area contributed by atoms with Crippen molar-refractivity contribution in [1.82, 2.24) is 13.7 Å². The average molecular weight is 343 g/mol. The second kappa shape index (κ2) is 6.75. The lowest BCUT2D eigenvalue weighted by molar-refractivity contribution is 0.418.